The Morgan fingerprint density at radius 2 is 1.90 bits per heavy atom. The maximum Gasteiger partial charge on any atom is 0.270 e. The maximum absolute atomic E-state index is 12.4. The molecule has 1 aromatic heterocycles. The first-order valence-corrected chi connectivity index (χ1v) is 7.98. The predicted molar refractivity (Wildman–Crippen MR) is 85.7 cm³/mol. The zero-order valence-electron chi connectivity index (χ0n) is 11.9. The molecule has 0 bridgehead atoms. The Balaban J connectivity index is 1.76. The fourth-order valence-corrected chi connectivity index (χ4v) is 3.20. The van der Waals surface area contributed by atoms with Gasteiger partial charge in [0.15, 0.2) is 0 Å². The van der Waals surface area contributed by atoms with E-state index in [1.165, 1.54) is 6.42 Å². The number of rotatable bonds is 2. The highest BCUT2D eigenvalue weighted by Gasteiger charge is 2.24. The zero-order chi connectivity index (χ0) is 14.7. The smallest absolute Gasteiger partial charge is 0.270 e. The average molecular weight is 303 g/mol. The molecule has 3 rings (SSSR count). The molecule has 1 aromatic carbocycles. The van der Waals surface area contributed by atoms with Crippen LogP contribution in [0.3, 0.4) is 0 Å². The average Bonchev–Trinajstić information content (AvgIpc) is 2.72. The van der Waals surface area contributed by atoms with E-state index < -0.39 is 0 Å². The van der Waals surface area contributed by atoms with E-state index in [1.54, 1.807) is 6.07 Å². The van der Waals surface area contributed by atoms with E-state index >= 15 is 0 Å². The number of carbonyl (C=O) groups is 1. The Morgan fingerprint density at radius 1 is 1.10 bits per heavy atom. The van der Waals surface area contributed by atoms with Crippen molar-refractivity contribution in [3.63, 3.8) is 0 Å². The highest BCUT2D eigenvalue weighted by atomic mass is 35.5. The summed E-state index contributed by atoms with van der Waals surface area (Å²) in [6.07, 6.45) is 5.39. The molecule has 1 aliphatic rings. The molecule has 1 heterocycles. The number of nitrogens with one attached hydrogen (secondary N) is 1. The van der Waals surface area contributed by atoms with Gasteiger partial charge >= 0.3 is 0 Å². The summed E-state index contributed by atoms with van der Waals surface area (Å²) < 4.78 is 0. The molecular formula is C17H19ClN2O. The van der Waals surface area contributed by atoms with Crippen LogP contribution in [-0.4, -0.2) is 22.3 Å². The van der Waals surface area contributed by atoms with E-state index in [-0.39, 0.29) is 17.3 Å². The number of para-hydroxylation sites is 1. The highest BCUT2D eigenvalue weighted by Crippen LogP contribution is 2.22. The van der Waals surface area contributed by atoms with Gasteiger partial charge in [-0.25, -0.2) is 4.98 Å². The molecule has 0 saturated heterocycles. The molecule has 0 aliphatic heterocycles. The van der Waals surface area contributed by atoms with Crippen LogP contribution in [0.2, 0.25) is 0 Å². The van der Waals surface area contributed by atoms with Gasteiger partial charge in [0.2, 0.25) is 0 Å². The van der Waals surface area contributed by atoms with Gasteiger partial charge in [-0.1, -0.05) is 43.5 Å². The quantitative estimate of drug-likeness (QED) is 0.675. The number of carbonyl (C=O) groups excluding carboxylic acids is 1. The van der Waals surface area contributed by atoms with Crippen molar-refractivity contribution in [3.8, 4) is 0 Å². The molecule has 2 aromatic rings. The van der Waals surface area contributed by atoms with Gasteiger partial charge in [-0.3, -0.25) is 4.79 Å². The summed E-state index contributed by atoms with van der Waals surface area (Å²) in [5, 5.41) is 4.12. The molecule has 1 aliphatic carbocycles. The van der Waals surface area contributed by atoms with Crippen molar-refractivity contribution >= 4 is 28.4 Å². The van der Waals surface area contributed by atoms with E-state index in [0.29, 0.717) is 5.69 Å². The molecule has 2 unspecified atom stereocenters. The van der Waals surface area contributed by atoms with E-state index in [1.807, 2.05) is 30.3 Å². The third kappa shape index (κ3) is 3.35. The monoisotopic (exact) mass is 302 g/mol. The summed E-state index contributed by atoms with van der Waals surface area (Å²) in [7, 11) is 0. The summed E-state index contributed by atoms with van der Waals surface area (Å²) in [6, 6.07) is 11.6. The van der Waals surface area contributed by atoms with Crippen LogP contribution < -0.4 is 5.32 Å². The number of alkyl halides is 1. The van der Waals surface area contributed by atoms with Crippen LogP contribution in [0, 0.1) is 0 Å². The molecule has 2 atom stereocenters. The zero-order valence-corrected chi connectivity index (χ0v) is 12.6. The number of fused-ring (bicyclic) bond motifs is 1. The van der Waals surface area contributed by atoms with Gasteiger partial charge < -0.3 is 5.32 Å². The predicted octanol–water partition coefficient (Wildman–Crippen LogP) is 3.90. The first kappa shape index (κ1) is 14.3. The number of amides is 1. The molecule has 1 N–H and O–H groups in total. The van der Waals surface area contributed by atoms with E-state index in [4.69, 9.17) is 11.6 Å². The Hall–Kier alpha value is -1.61. The van der Waals surface area contributed by atoms with Gasteiger partial charge in [0.1, 0.15) is 5.69 Å². The van der Waals surface area contributed by atoms with Crippen molar-refractivity contribution in [1.82, 2.24) is 10.3 Å². The second-order valence-electron chi connectivity index (χ2n) is 5.62. The number of hydrogen-bond donors (Lipinski definition) is 1. The molecule has 0 spiro atoms. The van der Waals surface area contributed by atoms with E-state index in [9.17, 15) is 4.79 Å². The highest BCUT2D eigenvalue weighted by molar-refractivity contribution is 6.21. The Kier molecular flexibility index (Phi) is 4.39. The molecule has 1 saturated carbocycles. The van der Waals surface area contributed by atoms with Crippen LogP contribution >= 0.6 is 11.6 Å². The van der Waals surface area contributed by atoms with Gasteiger partial charge in [0, 0.05) is 11.4 Å². The lowest BCUT2D eigenvalue weighted by Crippen LogP contribution is -2.40. The van der Waals surface area contributed by atoms with Crippen LogP contribution in [0.5, 0.6) is 0 Å². The lowest BCUT2D eigenvalue weighted by atomic mass is 10.1. The molecule has 3 nitrogen and oxygen atoms in total. The van der Waals surface area contributed by atoms with E-state index in [0.717, 1.165) is 36.6 Å². The van der Waals surface area contributed by atoms with Gasteiger partial charge in [0.25, 0.3) is 5.91 Å². The second-order valence-corrected chi connectivity index (χ2v) is 6.18. The van der Waals surface area contributed by atoms with Gasteiger partial charge in [-0.2, -0.15) is 0 Å². The third-order valence-corrected chi connectivity index (χ3v) is 4.60. The van der Waals surface area contributed by atoms with Crippen LogP contribution in [-0.2, 0) is 0 Å². The fraction of sp³-hybridized carbons (Fsp3) is 0.412. The molecule has 4 heteroatoms. The Morgan fingerprint density at radius 3 is 2.81 bits per heavy atom. The molecular weight excluding hydrogens is 284 g/mol. The first-order chi connectivity index (χ1) is 10.2. The topological polar surface area (TPSA) is 42.0 Å². The number of pyridine rings is 1. The van der Waals surface area contributed by atoms with Crippen molar-refractivity contribution in [2.24, 2.45) is 0 Å². The minimum Gasteiger partial charge on any atom is -0.346 e. The molecule has 21 heavy (non-hydrogen) atoms. The van der Waals surface area contributed by atoms with Crippen molar-refractivity contribution in [2.75, 3.05) is 0 Å². The lowest BCUT2D eigenvalue weighted by molar-refractivity contribution is 0.0929. The normalized spacial score (nSPS) is 22.7. The van der Waals surface area contributed by atoms with Crippen molar-refractivity contribution in [2.45, 2.75) is 43.5 Å². The SMILES string of the molecule is O=C(NC1CCCCCC1Cl)c1ccc2ccccc2n1. The molecule has 0 radical (unpaired) electrons. The number of halogens is 1. The van der Waals surface area contributed by atoms with Crippen LogP contribution in [0.25, 0.3) is 10.9 Å². The second kappa shape index (κ2) is 6.44. The third-order valence-electron chi connectivity index (χ3n) is 4.08. The summed E-state index contributed by atoms with van der Waals surface area (Å²) in [4.78, 5) is 16.8. The van der Waals surface area contributed by atoms with Crippen LogP contribution in [0.15, 0.2) is 36.4 Å². The van der Waals surface area contributed by atoms with Crippen molar-refractivity contribution in [1.29, 1.82) is 0 Å². The van der Waals surface area contributed by atoms with Gasteiger partial charge in [0.05, 0.1) is 10.9 Å². The van der Waals surface area contributed by atoms with E-state index in [2.05, 4.69) is 10.3 Å². The summed E-state index contributed by atoms with van der Waals surface area (Å²) >= 11 is 6.38. The summed E-state index contributed by atoms with van der Waals surface area (Å²) in [6.45, 7) is 0. The molecule has 1 amide bonds. The minimum absolute atomic E-state index is 0.0249. The van der Waals surface area contributed by atoms with Crippen LogP contribution in [0.1, 0.15) is 42.6 Å². The van der Waals surface area contributed by atoms with Gasteiger partial charge in [-0.15, -0.1) is 11.6 Å². The largest absolute Gasteiger partial charge is 0.346 e. The maximum atomic E-state index is 12.4. The molecule has 110 valence electrons. The minimum atomic E-state index is -0.127. The Bertz CT molecular complexity index is 643. The standard InChI is InChI=1S/C17H19ClN2O/c18-13-7-2-1-3-9-15(13)20-17(21)16-11-10-12-6-4-5-8-14(12)19-16/h4-6,8,10-11,13,15H,1-3,7,9H2,(H,20,21). The molecule has 1 fully saturated rings. The number of hydrogen-bond acceptors (Lipinski definition) is 2. The first-order valence-electron chi connectivity index (χ1n) is 7.55. The summed E-state index contributed by atoms with van der Waals surface area (Å²) in [5.41, 5.74) is 1.30. The number of benzene rings is 1. The van der Waals surface area contributed by atoms with Crippen LogP contribution in [0.4, 0.5) is 0 Å². The van der Waals surface area contributed by atoms with Crippen molar-refractivity contribution in [3.05, 3.63) is 42.1 Å². The number of nitrogens with zero attached hydrogens (tertiary/aromatic N) is 1. The lowest BCUT2D eigenvalue weighted by Gasteiger charge is -2.20. The van der Waals surface area contributed by atoms with Gasteiger partial charge in [-0.05, 0) is 25.0 Å². The Labute approximate surface area is 129 Å². The van der Waals surface area contributed by atoms with Crippen molar-refractivity contribution < 1.29 is 4.79 Å². The summed E-state index contributed by atoms with van der Waals surface area (Å²) in [5.74, 6) is -0.127. The number of aromatic nitrogens is 1. The fourth-order valence-electron chi connectivity index (χ4n) is 2.86.